The summed E-state index contributed by atoms with van der Waals surface area (Å²) in [5.41, 5.74) is 1.21. The van der Waals surface area contributed by atoms with Gasteiger partial charge in [0.1, 0.15) is 20.2 Å². The third kappa shape index (κ3) is 2.85. The molecule has 11 heavy (non-hydrogen) atoms. The highest BCUT2D eigenvalue weighted by atomic mass is 35.5. The Morgan fingerprint density at radius 2 is 2.27 bits per heavy atom. The molecule has 1 aromatic carbocycles. The largest absolute Gasteiger partial charge is 0.492 e. The number of rotatable bonds is 3. The van der Waals surface area contributed by atoms with E-state index in [2.05, 4.69) is 0 Å². The van der Waals surface area contributed by atoms with Crippen molar-refractivity contribution in [3.8, 4) is 5.75 Å². The molecule has 0 aromatic heterocycles. The van der Waals surface area contributed by atoms with Crippen LogP contribution in [0.15, 0.2) is 24.3 Å². The van der Waals surface area contributed by atoms with Gasteiger partial charge < -0.3 is 4.74 Å². The van der Waals surface area contributed by atoms with Crippen LogP contribution in [0.2, 0.25) is 0 Å². The predicted molar refractivity (Wildman–Crippen MR) is 50.8 cm³/mol. The van der Waals surface area contributed by atoms with Gasteiger partial charge in [-0.15, -0.1) is 11.6 Å². The Labute approximate surface area is 72.7 Å². The predicted octanol–water partition coefficient (Wildman–Crippen LogP) is 0.563. The molecule has 0 atom stereocenters. The molecule has 1 nitrogen and oxygen atoms in total. The Balaban J connectivity index is 2.56. The van der Waals surface area contributed by atoms with Crippen LogP contribution in [0, 0.1) is 0 Å². The minimum Gasteiger partial charge on any atom is -0.492 e. The van der Waals surface area contributed by atoms with Crippen molar-refractivity contribution in [2.24, 2.45) is 0 Å². The molecule has 0 aliphatic rings. The van der Waals surface area contributed by atoms with E-state index in [4.69, 9.17) is 16.3 Å². The molecule has 3 heteroatoms. The average molecular weight is 168 g/mol. The smallest absolute Gasteiger partial charge is 0.139 e. The van der Waals surface area contributed by atoms with Crippen LogP contribution in [0.5, 0.6) is 5.75 Å². The van der Waals surface area contributed by atoms with E-state index in [1.165, 1.54) is 5.46 Å². The lowest BCUT2D eigenvalue weighted by Gasteiger charge is -2.03. The van der Waals surface area contributed by atoms with Gasteiger partial charge in [-0.05, 0) is 12.1 Å². The van der Waals surface area contributed by atoms with Gasteiger partial charge in [-0.25, -0.2) is 0 Å². The van der Waals surface area contributed by atoms with Crippen LogP contribution < -0.4 is 10.2 Å². The maximum absolute atomic E-state index is 5.47. The number of hydrogen-bond donors (Lipinski definition) is 0. The van der Waals surface area contributed by atoms with Crippen molar-refractivity contribution < 1.29 is 4.74 Å². The summed E-state index contributed by atoms with van der Waals surface area (Å²) in [7, 11) is 2.04. The molecule has 0 fully saturated rings. The van der Waals surface area contributed by atoms with Gasteiger partial charge in [0, 0.05) is 0 Å². The molecule has 1 rings (SSSR count). The highest BCUT2D eigenvalue weighted by Crippen LogP contribution is 2.05. The topological polar surface area (TPSA) is 9.23 Å². The van der Waals surface area contributed by atoms with Crippen LogP contribution >= 0.6 is 11.6 Å². The Kier molecular flexibility index (Phi) is 3.31. The first kappa shape index (κ1) is 8.47. The maximum Gasteiger partial charge on any atom is 0.139 e. The molecular weight excluding hydrogens is 158 g/mol. The normalized spacial score (nSPS) is 9.55. The summed E-state index contributed by atoms with van der Waals surface area (Å²) in [5.74, 6) is 1.43. The lowest BCUT2D eigenvalue weighted by molar-refractivity contribution is 0.343. The molecule has 58 valence electrons. The van der Waals surface area contributed by atoms with Crippen LogP contribution in [-0.4, -0.2) is 20.3 Å². The van der Waals surface area contributed by atoms with Crippen molar-refractivity contribution >= 4 is 24.9 Å². The van der Waals surface area contributed by atoms with Crippen LogP contribution in [0.3, 0.4) is 0 Å². The van der Waals surface area contributed by atoms with Crippen LogP contribution in [0.1, 0.15) is 0 Å². The van der Waals surface area contributed by atoms with Gasteiger partial charge in [0.2, 0.25) is 0 Å². The van der Waals surface area contributed by atoms with E-state index in [1.54, 1.807) is 0 Å². The summed E-state index contributed by atoms with van der Waals surface area (Å²) < 4.78 is 5.30. The van der Waals surface area contributed by atoms with E-state index in [0.29, 0.717) is 12.5 Å². The monoisotopic (exact) mass is 168 g/mol. The Morgan fingerprint density at radius 1 is 1.45 bits per heavy atom. The Morgan fingerprint density at radius 3 is 2.91 bits per heavy atom. The third-order valence-corrected chi connectivity index (χ3v) is 1.49. The van der Waals surface area contributed by atoms with Gasteiger partial charge in [-0.1, -0.05) is 17.6 Å². The number of benzene rings is 1. The van der Waals surface area contributed by atoms with Crippen LogP contribution in [0.4, 0.5) is 0 Å². The number of ether oxygens (including phenoxy) is 1. The molecule has 0 saturated carbocycles. The molecule has 0 bridgehead atoms. The molecule has 0 aliphatic carbocycles. The minimum atomic E-state index is 0.536. The summed E-state index contributed by atoms with van der Waals surface area (Å²) >= 11 is 5.47. The third-order valence-electron chi connectivity index (χ3n) is 1.34. The van der Waals surface area contributed by atoms with Gasteiger partial charge in [-0.2, -0.15) is 0 Å². The van der Waals surface area contributed by atoms with Gasteiger partial charge in [0.25, 0.3) is 0 Å². The van der Waals surface area contributed by atoms with E-state index < -0.39 is 0 Å². The summed E-state index contributed by atoms with van der Waals surface area (Å²) in [4.78, 5) is 0. The molecule has 0 N–H and O–H groups in total. The van der Waals surface area contributed by atoms with Gasteiger partial charge >= 0.3 is 0 Å². The van der Waals surface area contributed by atoms with Crippen molar-refractivity contribution in [2.45, 2.75) is 0 Å². The molecule has 0 saturated heterocycles. The van der Waals surface area contributed by atoms with E-state index in [9.17, 15) is 0 Å². The summed E-state index contributed by atoms with van der Waals surface area (Å²) in [6.07, 6.45) is 0. The number of hydrogen-bond acceptors (Lipinski definition) is 1. The number of halogens is 1. The Hall–Kier alpha value is -0.625. The fourth-order valence-electron chi connectivity index (χ4n) is 0.862. The fourth-order valence-corrected chi connectivity index (χ4v) is 0.939. The van der Waals surface area contributed by atoms with Gasteiger partial charge in [0.15, 0.2) is 0 Å². The van der Waals surface area contributed by atoms with Crippen LogP contribution in [0.25, 0.3) is 0 Å². The molecule has 0 aliphatic heterocycles. The second kappa shape index (κ2) is 4.29. The molecule has 1 aromatic rings. The fraction of sp³-hybridized carbons (Fsp3) is 0.250. The second-order valence-corrected chi connectivity index (χ2v) is 2.73. The zero-order valence-electron chi connectivity index (χ0n) is 6.51. The average Bonchev–Trinajstić information content (AvgIpc) is 2.01. The Bertz CT molecular complexity index is 227. The van der Waals surface area contributed by atoms with Crippen LogP contribution in [-0.2, 0) is 0 Å². The first-order valence-corrected chi connectivity index (χ1v) is 4.12. The zero-order chi connectivity index (χ0) is 8.10. The van der Waals surface area contributed by atoms with Gasteiger partial charge in [-0.3, -0.25) is 0 Å². The molecule has 0 radical (unpaired) electrons. The van der Waals surface area contributed by atoms with Crippen molar-refractivity contribution in [2.75, 3.05) is 12.5 Å². The molecule has 0 heterocycles. The second-order valence-electron chi connectivity index (χ2n) is 2.35. The van der Waals surface area contributed by atoms with Crippen molar-refractivity contribution in [3.63, 3.8) is 0 Å². The molecular formula is C8H10BClO. The maximum atomic E-state index is 5.47. The summed E-state index contributed by atoms with van der Waals surface area (Å²) in [6.45, 7) is 0.574. The van der Waals surface area contributed by atoms with Crippen molar-refractivity contribution in [1.82, 2.24) is 0 Å². The van der Waals surface area contributed by atoms with E-state index in [-0.39, 0.29) is 0 Å². The minimum absolute atomic E-state index is 0.536. The standard InChI is InChI=1S/C8H10BClO/c9-7-2-1-3-8(6-7)11-5-4-10/h1-3,6H,4-5,9H2. The highest BCUT2D eigenvalue weighted by molar-refractivity contribution is 6.32. The van der Waals surface area contributed by atoms with E-state index >= 15 is 0 Å². The number of alkyl halides is 1. The van der Waals surface area contributed by atoms with Crippen molar-refractivity contribution in [3.05, 3.63) is 24.3 Å². The lowest BCUT2D eigenvalue weighted by atomic mass is 9.96. The first-order chi connectivity index (χ1) is 5.33. The molecule has 0 spiro atoms. The van der Waals surface area contributed by atoms with Crippen molar-refractivity contribution in [1.29, 1.82) is 0 Å². The van der Waals surface area contributed by atoms with E-state index in [0.717, 1.165) is 5.75 Å². The molecule has 0 amide bonds. The zero-order valence-corrected chi connectivity index (χ0v) is 7.27. The highest BCUT2D eigenvalue weighted by Gasteiger charge is 1.91. The first-order valence-electron chi connectivity index (χ1n) is 3.58. The van der Waals surface area contributed by atoms with Gasteiger partial charge in [0.05, 0.1) is 5.88 Å². The summed E-state index contributed by atoms with van der Waals surface area (Å²) in [6, 6.07) is 7.93. The SMILES string of the molecule is Bc1cccc(OCCCl)c1. The molecule has 0 unspecified atom stereocenters. The lowest BCUT2D eigenvalue weighted by Crippen LogP contribution is -2.04. The quantitative estimate of drug-likeness (QED) is 0.473. The van der Waals surface area contributed by atoms with E-state index in [1.807, 2.05) is 32.1 Å². The summed E-state index contributed by atoms with van der Waals surface area (Å²) in [5, 5.41) is 0.